The quantitative estimate of drug-likeness (QED) is 0.740. The van der Waals surface area contributed by atoms with Gasteiger partial charge >= 0.3 is 0 Å². The van der Waals surface area contributed by atoms with Gasteiger partial charge in [-0.15, -0.1) is 0 Å². The van der Waals surface area contributed by atoms with Crippen LogP contribution in [0.1, 0.15) is 19.5 Å². The van der Waals surface area contributed by atoms with Gasteiger partial charge < -0.3 is 10.7 Å². The van der Waals surface area contributed by atoms with Crippen molar-refractivity contribution in [2.45, 2.75) is 24.9 Å². The minimum Gasteiger partial charge on any atom is -0.369 e. The summed E-state index contributed by atoms with van der Waals surface area (Å²) >= 11 is 0. The summed E-state index contributed by atoms with van der Waals surface area (Å²) < 4.78 is 22.8. The van der Waals surface area contributed by atoms with Gasteiger partial charge in [0.05, 0.1) is 22.9 Å². The van der Waals surface area contributed by atoms with E-state index in [0.717, 1.165) is 0 Å². The van der Waals surface area contributed by atoms with E-state index in [9.17, 15) is 8.42 Å². The first-order valence-electron chi connectivity index (χ1n) is 3.93. The number of H-pyrrole nitrogens is 1. The van der Waals surface area contributed by atoms with Crippen LogP contribution in [0.25, 0.3) is 0 Å². The molecule has 0 atom stereocenters. The molecule has 0 saturated heterocycles. The fraction of sp³-hybridized carbons (Fsp3) is 0.571. The van der Waals surface area contributed by atoms with Crippen molar-refractivity contribution in [2.24, 2.45) is 0 Å². The van der Waals surface area contributed by atoms with Crippen LogP contribution in [-0.2, 0) is 15.6 Å². The number of nitrogens with two attached hydrogens (primary N) is 1. The standard InChI is InChI=1S/C7H13N3O2S/c1-5(2)13(11,12)4-6-3-9-7(8)10-6/h3,5H,4H2,1-2H3,(H3,8,9,10). The van der Waals surface area contributed by atoms with E-state index in [1.165, 1.54) is 6.20 Å². The second-order valence-electron chi connectivity index (χ2n) is 3.15. The topological polar surface area (TPSA) is 88.8 Å². The van der Waals surface area contributed by atoms with E-state index in [1.54, 1.807) is 13.8 Å². The molecule has 6 heteroatoms. The molecule has 1 aromatic heterocycles. The van der Waals surface area contributed by atoms with Gasteiger partial charge in [-0.2, -0.15) is 0 Å². The number of aromatic amines is 1. The molecule has 1 aromatic rings. The molecule has 5 nitrogen and oxygen atoms in total. The van der Waals surface area contributed by atoms with E-state index >= 15 is 0 Å². The summed E-state index contributed by atoms with van der Waals surface area (Å²) in [4.78, 5) is 6.39. The van der Waals surface area contributed by atoms with Gasteiger partial charge in [-0.05, 0) is 13.8 Å². The molecule has 0 aliphatic heterocycles. The number of imidazole rings is 1. The van der Waals surface area contributed by atoms with Crippen LogP contribution in [0.4, 0.5) is 5.95 Å². The van der Waals surface area contributed by atoms with Crippen LogP contribution in [0.15, 0.2) is 6.20 Å². The Balaban J connectivity index is 2.81. The first-order valence-corrected chi connectivity index (χ1v) is 5.64. The van der Waals surface area contributed by atoms with Crippen molar-refractivity contribution in [3.63, 3.8) is 0 Å². The van der Waals surface area contributed by atoms with E-state index in [4.69, 9.17) is 5.73 Å². The molecular formula is C7H13N3O2S. The summed E-state index contributed by atoms with van der Waals surface area (Å²) in [6, 6.07) is 0. The zero-order chi connectivity index (χ0) is 10.1. The largest absolute Gasteiger partial charge is 0.369 e. The average Bonchev–Trinajstić information content (AvgIpc) is 2.34. The smallest absolute Gasteiger partial charge is 0.197 e. The Labute approximate surface area is 77.3 Å². The lowest BCUT2D eigenvalue weighted by Crippen LogP contribution is -2.16. The summed E-state index contributed by atoms with van der Waals surface area (Å²) in [7, 11) is -3.06. The van der Waals surface area contributed by atoms with Crippen molar-refractivity contribution < 1.29 is 8.42 Å². The molecule has 1 heterocycles. The van der Waals surface area contributed by atoms with Crippen LogP contribution < -0.4 is 5.73 Å². The van der Waals surface area contributed by atoms with Crippen molar-refractivity contribution >= 4 is 15.8 Å². The Hall–Kier alpha value is -1.04. The molecule has 0 bridgehead atoms. The summed E-state index contributed by atoms with van der Waals surface area (Å²) in [6.45, 7) is 3.30. The highest BCUT2D eigenvalue weighted by Gasteiger charge is 2.17. The minimum atomic E-state index is -3.06. The molecule has 0 spiro atoms. The Morgan fingerprint density at radius 3 is 2.62 bits per heavy atom. The van der Waals surface area contributed by atoms with E-state index < -0.39 is 9.84 Å². The van der Waals surface area contributed by atoms with E-state index in [-0.39, 0.29) is 17.0 Å². The summed E-state index contributed by atoms with van der Waals surface area (Å²) in [5, 5.41) is -0.378. The second kappa shape index (κ2) is 3.37. The van der Waals surface area contributed by atoms with Gasteiger partial charge in [-0.3, -0.25) is 0 Å². The zero-order valence-corrected chi connectivity index (χ0v) is 8.43. The first kappa shape index (κ1) is 10.0. The fourth-order valence-electron chi connectivity index (χ4n) is 0.833. The van der Waals surface area contributed by atoms with Crippen LogP contribution in [-0.4, -0.2) is 23.6 Å². The third-order valence-corrected chi connectivity index (χ3v) is 3.87. The lowest BCUT2D eigenvalue weighted by Gasteiger charge is -2.04. The predicted molar refractivity (Wildman–Crippen MR) is 50.8 cm³/mol. The summed E-state index contributed by atoms with van der Waals surface area (Å²) in [5.74, 6) is 0.212. The maximum absolute atomic E-state index is 11.4. The number of nitrogens with zero attached hydrogens (tertiary/aromatic N) is 1. The van der Waals surface area contributed by atoms with Gasteiger partial charge in [0.25, 0.3) is 0 Å². The Morgan fingerprint density at radius 1 is 1.62 bits per heavy atom. The highest BCUT2D eigenvalue weighted by molar-refractivity contribution is 7.91. The monoisotopic (exact) mass is 203 g/mol. The van der Waals surface area contributed by atoms with Gasteiger partial charge in [-0.1, -0.05) is 0 Å². The molecule has 0 fully saturated rings. The molecule has 0 aromatic carbocycles. The van der Waals surface area contributed by atoms with Crippen LogP contribution >= 0.6 is 0 Å². The molecule has 1 rings (SSSR count). The molecule has 0 radical (unpaired) electrons. The van der Waals surface area contributed by atoms with Crippen LogP contribution in [0.3, 0.4) is 0 Å². The van der Waals surface area contributed by atoms with Crippen molar-refractivity contribution in [2.75, 3.05) is 5.73 Å². The Bertz CT molecular complexity index is 380. The van der Waals surface area contributed by atoms with Crippen molar-refractivity contribution in [3.05, 3.63) is 11.9 Å². The number of anilines is 1. The van der Waals surface area contributed by atoms with E-state index in [1.807, 2.05) is 0 Å². The highest BCUT2D eigenvalue weighted by atomic mass is 32.2. The van der Waals surface area contributed by atoms with Crippen molar-refractivity contribution in [3.8, 4) is 0 Å². The maximum atomic E-state index is 11.4. The number of hydrogen-bond donors (Lipinski definition) is 2. The van der Waals surface area contributed by atoms with Crippen LogP contribution in [0.5, 0.6) is 0 Å². The van der Waals surface area contributed by atoms with Gasteiger partial charge in [0.15, 0.2) is 15.8 Å². The zero-order valence-electron chi connectivity index (χ0n) is 7.61. The van der Waals surface area contributed by atoms with Gasteiger partial charge in [0, 0.05) is 0 Å². The SMILES string of the molecule is CC(C)S(=O)(=O)Cc1cnc(N)[nH]1. The highest BCUT2D eigenvalue weighted by Crippen LogP contribution is 2.09. The fourth-order valence-corrected chi connectivity index (χ4v) is 1.75. The Kier molecular flexibility index (Phi) is 2.60. The number of nitrogens with one attached hydrogen (secondary N) is 1. The summed E-state index contributed by atoms with van der Waals surface area (Å²) in [5.41, 5.74) is 5.85. The van der Waals surface area contributed by atoms with E-state index in [0.29, 0.717) is 5.69 Å². The number of sulfone groups is 1. The molecule has 0 unspecified atom stereocenters. The van der Waals surface area contributed by atoms with Crippen molar-refractivity contribution in [1.29, 1.82) is 0 Å². The first-order chi connectivity index (χ1) is 5.92. The number of hydrogen-bond acceptors (Lipinski definition) is 4. The molecule has 13 heavy (non-hydrogen) atoms. The van der Waals surface area contributed by atoms with Crippen LogP contribution in [0, 0.1) is 0 Å². The number of nitrogen functional groups attached to an aromatic ring is 1. The number of rotatable bonds is 3. The maximum Gasteiger partial charge on any atom is 0.197 e. The van der Waals surface area contributed by atoms with E-state index in [2.05, 4.69) is 9.97 Å². The molecule has 74 valence electrons. The van der Waals surface area contributed by atoms with Crippen molar-refractivity contribution in [1.82, 2.24) is 9.97 Å². The van der Waals surface area contributed by atoms with Crippen LogP contribution in [0.2, 0.25) is 0 Å². The van der Waals surface area contributed by atoms with Gasteiger partial charge in [0.2, 0.25) is 0 Å². The lowest BCUT2D eigenvalue weighted by molar-refractivity contribution is 0.586. The third kappa shape index (κ3) is 2.45. The molecule has 0 saturated carbocycles. The normalized spacial score (nSPS) is 12.2. The number of aromatic nitrogens is 2. The minimum absolute atomic E-state index is 0.0329. The molecule has 0 amide bonds. The average molecular weight is 203 g/mol. The molecule has 0 aliphatic carbocycles. The second-order valence-corrected chi connectivity index (χ2v) is 5.71. The Morgan fingerprint density at radius 2 is 2.23 bits per heavy atom. The van der Waals surface area contributed by atoms with Gasteiger partial charge in [-0.25, -0.2) is 13.4 Å². The third-order valence-electron chi connectivity index (χ3n) is 1.72. The van der Waals surface area contributed by atoms with Gasteiger partial charge in [0.1, 0.15) is 0 Å². The molecule has 0 aliphatic rings. The lowest BCUT2D eigenvalue weighted by atomic mass is 10.6. The predicted octanol–water partition coefficient (Wildman–Crippen LogP) is 0.315. The molecule has 3 N–H and O–H groups in total. The molecular weight excluding hydrogens is 190 g/mol. The summed E-state index contributed by atoms with van der Waals surface area (Å²) in [6.07, 6.45) is 1.44.